The molecule has 0 aliphatic carbocycles. The molecular formula is C11H15NO. The summed E-state index contributed by atoms with van der Waals surface area (Å²) in [5.41, 5.74) is 9.56. The molecule has 0 atom stereocenters. The Morgan fingerprint density at radius 3 is 2.08 bits per heavy atom. The Morgan fingerprint density at radius 2 is 1.69 bits per heavy atom. The van der Waals surface area contributed by atoms with Crippen LogP contribution in [-0.2, 0) is 0 Å². The van der Waals surface area contributed by atoms with Crippen LogP contribution in [0.15, 0.2) is 12.1 Å². The minimum absolute atomic E-state index is 0.00574. The van der Waals surface area contributed by atoms with E-state index in [2.05, 4.69) is 6.92 Å². The molecule has 0 radical (unpaired) electrons. The van der Waals surface area contributed by atoms with Crippen LogP contribution >= 0.6 is 0 Å². The first kappa shape index (κ1) is 9.93. The van der Waals surface area contributed by atoms with Crippen molar-refractivity contribution in [2.75, 3.05) is 6.54 Å². The first-order valence-corrected chi connectivity index (χ1v) is 4.37. The van der Waals surface area contributed by atoms with Gasteiger partial charge in [0.2, 0.25) is 0 Å². The van der Waals surface area contributed by atoms with Gasteiger partial charge in [-0.1, -0.05) is 0 Å². The third kappa shape index (κ3) is 1.95. The van der Waals surface area contributed by atoms with E-state index in [0.29, 0.717) is 0 Å². The number of carbonyl (C=O) groups excluding carboxylic acids is 1. The fourth-order valence-electron chi connectivity index (χ4n) is 1.31. The van der Waals surface area contributed by atoms with Gasteiger partial charge in [-0.2, -0.15) is 0 Å². The number of hydrogen-bond donors (Lipinski definition) is 1. The average Bonchev–Trinajstić information content (AvgIpc) is 2.12. The van der Waals surface area contributed by atoms with Crippen LogP contribution < -0.4 is 5.73 Å². The zero-order valence-electron chi connectivity index (χ0n) is 8.35. The molecule has 2 nitrogen and oxygen atoms in total. The van der Waals surface area contributed by atoms with Crippen molar-refractivity contribution in [3.8, 4) is 0 Å². The molecule has 1 rings (SSSR count). The second-order valence-corrected chi connectivity index (χ2v) is 3.36. The van der Waals surface area contributed by atoms with Gasteiger partial charge in [0.25, 0.3) is 0 Å². The van der Waals surface area contributed by atoms with Gasteiger partial charge < -0.3 is 5.73 Å². The molecule has 0 heterocycles. The highest BCUT2D eigenvalue weighted by molar-refractivity contribution is 5.97. The van der Waals surface area contributed by atoms with Crippen LogP contribution in [0.2, 0.25) is 0 Å². The molecular weight excluding hydrogens is 162 g/mol. The van der Waals surface area contributed by atoms with E-state index < -0.39 is 0 Å². The van der Waals surface area contributed by atoms with Crippen LogP contribution in [0.5, 0.6) is 0 Å². The molecule has 70 valence electrons. The second-order valence-electron chi connectivity index (χ2n) is 3.36. The Hall–Kier alpha value is -1.15. The molecule has 13 heavy (non-hydrogen) atoms. The van der Waals surface area contributed by atoms with E-state index in [1.807, 2.05) is 26.0 Å². The number of nitrogens with two attached hydrogens (primary N) is 1. The molecule has 2 heteroatoms. The Kier molecular flexibility index (Phi) is 2.83. The molecule has 0 aromatic heterocycles. The number of carbonyl (C=O) groups is 1. The monoisotopic (exact) mass is 177 g/mol. The molecule has 0 saturated carbocycles. The molecule has 2 N–H and O–H groups in total. The highest BCUT2D eigenvalue weighted by atomic mass is 16.1. The molecule has 0 fully saturated rings. The largest absolute Gasteiger partial charge is 0.324 e. The molecule has 0 saturated heterocycles. The number of benzene rings is 1. The molecule has 0 spiro atoms. The number of Topliss-reactive ketones (excluding diaryl/α,β-unsaturated/α-hetero) is 1. The summed E-state index contributed by atoms with van der Waals surface area (Å²) in [6.07, 6.45) is 0. The Balaban J connectivity index is 3.20. The molecule has 0 aliphatic rings. The Morgan fingerprint density at radius 1 is 1.23 bits per heavy atom. The fraction of sp³-hybridized carbons (Fsp3) is 0.364. The van der Waals surface area contributed by atoms with E-state index in [4.69, 9.17) is 5.73 Å². The summed E-state index contributed by atoms with van der Waals surface area (Å²) in [4.78, 5) is 11.3. The van der Waals surface area contributed by atoms with E-state index in [0.717, 1.165) is 16.7 Å². The third-order valence-electron chi connectivity index (χ3n) is 2.43. The van der Waals surface area contributed by atoms with Crippen molar-refractivity contribution in [3.05, 3.63) is 34.4 Å². The van der Waals surface area contributed by atoms with Crippen molar-refractivity contribution >= 4 is 5.78 Å². The summed E-state index contributed by atoms with van der Waals surface area (Å²) < 4.78 is 0. The van der Waals surface area contributed by atoms with E-state index in [9.17, 15) is 4.79 Å². The minimum Gasteiger partial charge on any atom is -0.324 e. The van der Waals surface area contributed by atoms with Gasteiger partial charge in [-0.15, -0.1) is 0 Å². The smallest absolute Gasteiger partial charge is 0.176 e. The van der Waals surface area contributed by atoms with E-state index in [-0.39, 0.29) is 12.3 Å². The van der Waals surface area contributed by atoms with Crippen LogP contribution in [0, 0.1) is 20.8 Å². The van der Waals surface area contributed by atoms with Gasteiger partial charge in [0.1, 0.15) is 0 Å². The van der Waals surface area contributed by atoms with Crippen LogP contribution in [0.1, 0.15) is 27.0 Å². The number of ketones is 1. The van der Waals surface area contributed by atoms with E-state index in [1.54, 1.807) is 0 Å². The molecule has 1 aromatic rings. The normalized spacial score (nSPS) is 10.2. The highest BCUT2D eigenvalue weighted by Crippen LogP contribution is 2.15. The van der Waals surface area contributed by atoms with Crippen molar-refractivity contribution in [2.24, 2.45) is 5.73 Å². The van der Waals surface area contributed by atoms with Crippen LogP contribution in [-0.4, -0.2) is 12.3 Å². The predicted molar refractivity (Wildman–Crippen MR) is 54.0 cm³/mol. The summed E-state index contributed by atoms with van der Waals surface area (Å²) in [6.45, 7) is 6.16. The number of hydrogen-bond acceptors (Lipinski definition) is 2. The molecule has 1 aromatic carbocycles. The van der Waals surface area contributed by atoms with Gasteiger partial charge in [-0.3, -0.25) is 4.79 Å². The topological polar surface area (TPSA) is 43.1 Å². The maximum Gasteiger partial charge on any atom is 0.176 e. The first-order valence-electron chi connectivity index (χ1n) is 4.37. The lowest BCUT2D eigenvalue weighted by Crippen LogP contribution is -2.14. The second kappa shape index (κ2) is 3.71. The molecule has 0 bridgehead atoms. The highest BCUT2D eigenvalue weighted by Gasteiger charge is 2.06. The zero-order chi connectivity index (χ0) is 10.0. The van der Waals surface area contributed by atoms with Gasteiger partial charge in [0.15, 0.2) is 5.78 Å². The molecule has 0 amide bonds. The summed E-state index contributed by atoms with van der Waals surface area (Å²) in [5.74, 6) is 0.00574. The van der Waals surface area contributed by atoms with Crippen molar-refractivity contribution in [1.82, 2.24) is 0 Å². The average molecular weight is 177 g/mol. The van der Waals surface area contributed by atoms with Crippen molar-refractivity contribution in [2.45, 2.75) is 20.8 Å². The van der Waals surface area contributed by atoms with Crippen molar-refractivity contribution < 1.29 is 4.79 Å². The third-order valence-corrected chi connectivity index (χ3v) is 2.43. The summed E-state index contributed by atoms with van der Waals surface area (Å²) in [7, 11) is 0. The zero-order valence-corrected chi connectivity index (χ0v) is 8.35. The quantitative estimate of drug-likeness (QED) is 0.699. The first-order chi connectivity index (χ1) is 6.06. The number of rotatable bonds is 2. The standard InChI is InChI=1S/C11H15NO/c1-7-4-10(11(13)6-12)5-8(2)9(7)3/h4-5H,6,12H2,1-3H3. The Bertz CT molecular complexity index is 319. The maximum absolute atomic E-state index is 11.3. The molecule has 0 unspecified atom stereocenters. The van der Waals surface area contributed by atoms with E-state index in [1.165, 1.54) is 5.56 Å². The lowest BCUT2D eigenvalue weighted by atomic mass is 9.99. The van der Waals surface area contributed by atoms with Gasteiger partial charge >= 0.3 is 0 Å². The SMILES string of the molecule is Cc1cc(C(=O)CN)cc(C)c1C. The summed E-state index contributed by atoms with van der Waals surface area (Å²) >= 11 is 0. The van der Waals surface area contributed by atoms with Gasteiger partial charge in [0, 0.05) is 5.56 Å². The van der Waals surface area contributed by atoms with Crippen LogP contribution in [0.3, 0.4) is 0 Å². The van der Waals surface area contributed by atoms with Gasteiger partial charge in [-0.05, 0) is 49.6 Å². The number of aryl methyl sites for hydroxylation is 2. The lowest BCUT2D eigenvalue weighted by Gasteiger charge is -2.07. The summed E-state index contributed by atoms with van der Waals surface area (Å²) in [5, 5.41) is 0. The maximum atomic E-state index is 11.3. The van der Waals surface area contributed by atoms with Crippen molar-refractivity contribution in [3.63, 3.8) is 0 Å². The minimum atomic E-state index is 0.00574. The lowest BCUT2D eigenvalue weighted by molar-refractivity contribution is 0.100. The van der Waals surface area contributed by atoms with Gasteiger partial charge in [0.05, 0.1) is 6.54 Å². The Labute approximate surface area is 78.8 Å². The van der Waals surface area contributed by atoms with Crippen LogP contribution in [0.4, 0.5) is 0 Å². The van der Waals surface area contributed by atoms with E-state index >= 15 is 0 Å². The van der Waals surface area contributed by atoms with Crippen LogP contribution in [0.25, 0.3) is 0 Å². The summed E-state index contributed by atoms with van der Waals surface area (Å²) in [6, 6.07) is 3.80. The predicted octanol–water partition coefficient (Wildman–Crippen LogP) is 1.75. The van der Waals surface area contributed by atoms with Crippen molar-refractivity contribution in [1.29, 1.82) is 0 Å². The molecule has 0 aliphatic heterocycles. The van der Waals surface area contributed by atoms with Gasteiger partial charge in [-0.25, -0.2) is 0 Å². The fourth-order valence-corrected chi connectivity index (χ4v) is 1.31.